The number of aromatic nitrogens is 3. The predicted octanol–water partition coefficient (Wildman–Crippen LogP) is 3.60. The highest BCUT2D eigenvalue weighted by molar-refractivity contribution is 6.33. The topological polar surface area (TPSA) is 83.8 Å². The molecule has 118 valence electrons. The largest absolute Gasteiger partial charge is 0.441 e. The summed E-state index contributed by atoms with van der Waals surface area (Å²) < 4.78 is 5.66. The third kappa shape index (κ3) is 3.78. The summed E-state index contributed by atoms with van der Waals surface area (Å²) >= 11 is 6.13. The van der Waals surface area contributed by atoms with Crippen molar-refractivity contribution in [3.8, 4) is 11.3 Å². The Balaban J connectivity index is 1.59. The van der Waals surface area contributed by atoms with E-state index in [2.05, 4.69) is 20.5 Å². The Morgan fingerprint density at radius 3 is 2.96 bits per heavy atom. The Morgan fingerprint density at radius 1 is 1.39 bits per heavy atom. The van der Waals surface area contributed by atoms with Gasteiger partial charge in [-0.1, -0.05) is 23.7 Å². The standard InChI is InChI=1S/C16H15ClN4O2/c1-10-8-14(21-20-10)19-15(22)6-7-16-18-9-13(23-16)11-4-2-3-5-12(11)17/h2-5,8-9H,6-7H2,1H3,(H2,19,20,21,22). The van der Waals surface area contributed by atoms with Crippen LogP contribution in [0, 0.1) is 6.92 Å². The van der Waals surface area contributed by atoms with E-state index >= 15 is 0 Å². The van der Waals surface area contributed by atoms with Gasteiger partial charge in [-0.2, -0.15) is 5.10 Å². The number of benzene rings is 1. The van der Waals surface area contributed by atoms with Crippen molar-refractivity contribution in [2.45, 2.75) is 19.8 Å². The first-order valence-corrected chi connectivity index (χ1v) is 7.51. The zero-order chi connectivity index (χ0) is 16.2. The van der Waals surface area contributed by atoms with E-state index in [0.29, 0.717) is 28.9 Å². The lowest BCUT2D eigenvalue weighted by Gasteiger charge is -2.00. The molecule has 2 N–H and O–H groups in total. The van der Waals surface area contributed by atoms with Gasteiger partial charge in [0.25, 0.3) is 0 Å². The van der Waals surface area contributed by atoms with Gasteiger partial charge in [0.05, 0.1) is 11.2 Å². The van der Waals surface area contributed by atoms with Crippen LogP contribution in [0.25, 0.3) is 11.3 Å². The van der Waals surface area contributed by atoms with E-state index < -0.39 is 0 Å². The van der Waals surface area contributed by atoms with Gasteiger partial charge < -0.3 is 9.73 Å². The Labute approximate surface area is 137 Å². The molecule has 0 saturated carbocycles. The monoisotopic (exact) mass is 330 g/mol. The second-order valence-corrected chi connectivity index (χ2v) is 5.49. The Hall–Kier alpha value is -2.60. The van der Waals surface area contributed by atoms with E-state index in [1.54, 1.807) is 18.3 Å². The van der Waals surface area contributed by atoms with Crippen molar-refractivity contribution < 1.29 is 9.21 Å². The highest BCUT2D eigenvalue weighted by atomic mass is 35.5. The van der Waals surface area contributed by atoms with Gasteiger partial charge in [0.15, 0.2) is 17.5 Å². The van der Waals surface area contributed by atoms with E-state index in [9.17, 15) is 4.79 Å². The first kappa shape index (κ1) is 15.3. The van der Waals surface area contributed by atoms with Crippen LogP contribution >= 0.6 is 11.6 Å². The van der Waals surface area contributed by atoms with Crippen LogP contribution in [0.3, 0.4) is 0 Å². The van der Waals surface area contributed by atoms with Crippen LogP contribution in [0.4, 0.5) is 5.82 Å². The SMILES string of the molecule is Cc1cc(NC(=O)CCc2ncc(-c3ccccc3Cl)o2)n[nH]1. The first-order valence-electron chi connectivity index (χ1n) is 7.13. The molecule has 3 rings (SSSR count). The molecule has 0 saturated heterocycles. The van der Waals surface area contributed by atoms with Crippen LogP contribution in [0.2, 0.25) is 5.02 Å². The maximum Gasteiger partial charge on any atom is 0.226 e. The lowest BCUT2D eigenvalue weighted by molar-refractivity contribution is -0.116. The van der Waals surface area contributed by atoms with Crippen molar-refractivity contribution >= 4 is 23.3 Å². The molecule has 7 heteroatoms. The summed E-state index contributed by atoms with van der Waals surface area (Å²) in [4.78, 5) is 16.1. The summed E-state index contributed by atoms with van der Waals surface area (Å²) in [6.07, 6.45) is 2.28. The Kier molecular flexibility index (Phi) is 4.43. The molecule has 2 aromatic heterocycles. The molecule has 0 aliphatic carbocycles. The molecule has 1 aromatic carbocycles. The summed E-state index contributed by atoms with van der Waals surface area (Å²) in [6.45, 7) is 1.87. The number of rotatable bonds is 5. The Bertz CT molecular complexity index is 825. The van der Waals surface area contributed by atoms with E-state index in [0.717, 1.165) is 11.3 Å². The van der Waals surface area contributed by atoms with Crippen molar-refractivity contribution in [2.75, 3.05) is 5.32 Å². The molecule has 1 amide bonds. The molecular weight excluding hydrogens is 316 g/mol. The zero-order valence-corrected chi connectivity index (χ0v) is 13.2. The molecule has 3 aromatic rings. The third-order valence-electron chi connectivity index (χ3n) is 3.23. The fraction of sp³-hybridized carbons (Fsp3) is 0.188. The molecule has 0 unspecified atom stereocenters. The fourth-order valence-electron chi connectivity index (χ4n) is 2.12. The molecule has 0 radical (unpaired) electrons. The minimum Gasteiger partial charge on any atom is -0.441 e. The second kappa shape index (κ2) is 6.66. The van der Waals surface area contributed by atoms with Crippen LogP contribution in [0.1, 0.15) is 18.0 Å². The fourth-order valence-corrected chi connectivity index (χ4v) is 2.35. The number of halogens is 1. The van der Waals surface area contributed by atoms with Gasteiger partial charge in [-0.05, 0) is 19.1 Å². The second-order valence-electron chi connectivity index (χ2n) is 5.08. The number of anilines is 1. The number of nitrogens with zero attached hydrogens (tertiary/aromatic N) is 2. The number of nitrogens with one attached hydrogen (secondary N) is 2. The van der Waals surface area contributed by atoms with Crippen molar-refractivity contribution in [1.82, 2.24) is 15.2 Å². The summed E-state index contributed by atoms with van der Waals surface area (Å²) in [5.74, 6) is 1.45. The quantitative estimate of drug-likeness (QED) is 0.748. The summed E-state index contributed by atoms with van der Waals surface area (Å²) in [5.41, 5.74) is 1.67. The van der Waals surface area contributed by atoms with Crippen molar-refractivity contribution in [2.24, 2.45) is 0 Å². The number of amides is 1. The first-order chi connectivity index (χ1) is 11.1. The van der Waals surface area contributed by atoms with E-state index in [1.807, 2.05) is 25.1 Å². The van der Waals surface area contributed by atoms with Gasteiger partial charge in [0.1, 0.15) is 0 Å². The van der Waals surface area contributed by atoms with Gasteiger partial charge in [-0.3, -0.25) is 9.89 Å². The van der Waals surface area contributed by atoms with E-state index in [4.69, 9.17) is 16.0 Å². The number of H-pyrrole nitrogens is 1. The van der Waals surface area contributed by atoms with E-state index in [-0.39, 0.29) is 12.3 Å². The van der Waals surface area contributed by atoms with E-state index in [1.165, 1.54) is 0 Å². The highest BCUT2D eigenvalue weighted by Crippen LogP contribution is 2.28. The normalized spacial score (nSPS) is 10.7. The predicted molar refractivity (Wildman–Crippen MR) is 87.2 cm³/mol. The van der Waals surface area contributed by atoms with Crippen LogP contribution < -0.4 is 5.32 Å². The number of hydrogen-bond acceptors (Lipinski definition) is 4. The summed E-state index contributed by atoms with van der Waals surface area (Å²) in [5, 5.41) is 10.0. The molecule has 0 bridgehead atoms. The molecule has 23 heavy (non-hydrogen) atoms. The van der Waals surface area contributed by atoms with Gasteiger partial charge in [-0.15, -0.1) is 0 Å². The minimum absolute atomic E-state index is 0.144. The molecule has 0 aliphatic rings. The third-order valence-corrected chi connectivity index (χ3v) is 3.56. The zero-order valence-electron chi connectivity index (χ0n) is 12.5. The van der Waals surface area contributed by atoms with Crippen molar-refractivity contribution in [1.29, 1.82) is 0 Å². The minimum atomic E-state index is -0.144. The van der Waals surface area contributed by atoms with Gasteiger partial charge in [-0.25, -0.2) is 4.98 Å². The lowest BCUT2D eigenvalue weighted by Crippen LogP contribution is -2.12. The molecule has 0 aliphatic heterocycles. The van der Waals surface area contributed by atoms with Crippen LogP contribution in [0.5, 0.6) is 0 Å². The number of carbonyl (C=O) groups is 1. The molecule has 0 atom stereocenters. The number of oxazole rings is 1. The molecular formula is C16H15ClN4O2. The number of aryl methyl sites for hydroxylation is 2. The summed E-state index contributed by atoms with van der Waals surface area (Å²) in [6, 6.07) is 9.14. The number of hydrogen-bond donors (Lipinski definition) is 2. The molecule has 0 spiro atoms. The summed E-state index contributed by atoms with van der Waals surface area (Å²) in [7, 11) is 0. The number of carbonyl (C=O) groups excluding carboxylic acids is 1. The van der Waals surface area contributed by atoms with Gasteiger partial charge in [0.2, 0.25) is 5.91 Å². The molecule has 0 fully saturated rings. The van der Waals surface area contributed by atoms with Crippen LogP contribution in [0.15, 0.2) is 40.9 Å². The van der Waals surface area contributed by atoms with Crippen molar-refractivity contribution in [3.63, 3.8) is 0 Å². The molecule has 6 nitrogen and oxygen atoms in total. The highest BCUT2D eigenvalue weighted by Gasteiger charge is 2.11. The maximum absolute atomic E-state index is 11.9. The van der Waals surface area contributed by atoms with Crippen LogP contribution in [-0.2, 0) is 11.2 Å². The number of aromatic amines is 1. The molecule has 2 heterocycles. The van der Waals surface area contributed by atoms with Crippen molar-refractivity contribution in [3.05, 3.63) is 53.1 Å². The smallest absolute Gasteiger partial charge is 0.226 e. The van der Waals surface area contributed by atoms with Gasteiger partial charge in [0, 0.05) is 30.2 Å². The average molecular weight is 331 g/mol. The van der Waals surface area contributed by atoms with Crippen LogP contribution in [-0.4, -0.2) is 21.1 Å². The average Bonchev–Trinajstić information content (AvgIpc) is 3.15. The Morgan fingerprint density at radius 2 is 2.22 bits per heavy atom. The maximum atomic E-state index is 11.9. The van der Waals surface area contributed by atoms with Gasteiger partial charge >= 0.3 is 0 Å². The lowest BCUT2D eigenvalue weighted by atomic mass is 10.2.